The predicted octanol–water partition coefficient (Wildman–Crippen LogP) is 3.35. The molecule has 2 rings (SSSR count). The quantitative estimate of drug-likeness (QED) is 0.777. The van der Waals surface area contributed by atoms with Gasteiger partial charge in [-0.25, -0.2) is 0 Å². The van der Waals surface area contributed by atoms with Crippen LogP contribution in [0.2, 0.25) is 5.02 Å². The van der Waals surface area contributed by atoms with E-state index in [0.29, 0.717) is 11.3 Å². The van der Waals surface area contributed by atoms with E-state index in [4.69, 9.17) is 17.3 Å². The van der Waals surface area contributed by atoms with Crippen LogP contribution in [-0.4, -0.2) is 6.54 Å². The molecule has 1 aliphatic rings. The molecule has 2 heteroatoms. The van der Waals surface area contributed by atoms with Gasteiger partial charge in [-0.1, -0.05) is 31.5 Å². The van der Waals surface area contributed by atoms with E-state index in [1.807, 2.05) is 6.07 Å². The highest BCUT2D eigenvalue weighted by molar-refractivity contribution is 6.30. The predicted molar refractivity (Wildman–Crippen MR) is 65.3 cm³/mol. The maximum atomic E-state index is 6.03. The van der Waals surface area contributed by atoms with Gasteiger partial charge in [0.15, 0.2) is 0 Å². The van der Waals surface area contributed by atoms with Crippen molar-refractivity contribution in [3.63, 3.8) is 0 Å². The fourth-order valence-electron chi connectivity index (χ4n) is 2.68. The van der Waals surface area contributed by atoms with Crippen molar-refractivity contribution in [3.8, 4) is 0 Å². The highest BCUT2D eigenvalue weighted by Gasteiger charge is 2.31. The molecule has 15 heavy (non-hydrogen) atoms. The van der Waals surface area contributed by atoms with Gasteiger partial charge >= 0.3 is 0 Å². The fraction of sp³-hybridized carbons (Fsp3) is 0.538. The lowest BCUT2D eigenvalue weighted by Crippen LogP contribution is -2.29. The van der Waals surface area contributed by atoms with E-state index in [-0.39, 0.29) is 0 Å². The molecule has 0 bridgehead atoms. The van der Waals surface area contributed by atoms with Gasteiger partial charge in [0.1, 0.15) is 0 Å². The summed E-state index contributed by atoms with van der Waals surface area (Å²) < 4.78 is 0. The monoisotopic (exact) mass is 223 g/mol. The molecule has 0 aliphatic heterocycles. The average Bonchev–Trinajstić information content (AvgIpc) is 2.16. The van der Waals surface area contributed by atoms with Crippen molar-refractivity contribution in [2.24, 2.45) is 11.1 Å². The van der Waals surface area contributed by atoms with Gasteiger partial charge in [-0.15, -0.1) is 0 Å². The van der Waals surface area contributed by atoms with E-state index in [0.717, 1.165) is 24.4 Å². The number of rotatable bonds is 1. The number of fused-ring (bicyclic) bond motifs is 1. The third-order valence-corrected chi connectivity index (χ3v) is 3.54. The Hall–Kier alpha value is -0.530. The smallest absolute Gasteiger partial charge is 0.0409 e. The standard InChI is InChI=1S/C13H18ClN/c1-13(2)6-9-3-4-11(14)5-12(9)10(7-13)8-15/h3-5,10H,6-8,15H2,1-2H3. The largest absolute Gasteiger partial charge is 0.330 e. The number of benzene rings is 1. The number of hydrogen-bond donors (Lipinski definition) is 1. The highest BCUT2D eigenvalue weighted by atomic mass is 35.5. The second kappa shape index (κ2) is 3.80. The second-order valence-corrected chi connectivity index (χ2v) is 5.76. The van der Waals surface area contributed by atoms with Gasteiger partial charge in [0.05, 0.1) is 0 Å². The molecule has 0 spiro atoms. The van der Waals surface area contributed by atoms with E-state index in [9.17, 15) is 0 Å². The third-order valence-electron chi connectivity index (χ3n) is 3.30. The van der Waals surface area contributed by atoms with Crippen LogP contribution in [0.15, 0.2) is 18.2 Å². The first-order chi connectivity index (χ1) is 7.02. The zero-order valence-corrected chi connectivity index (χ0v) is 10.1. The maximum Gasteiger partial charge on any atom is 0.0409 e. The highest BCUT2D eigenvalue weighted by Crippen LogP contribution is 2.42. The van der Waals surface area contributed by atoms with E-state index in [1.165, 1.54) is 11.1 Å². The lowest BCUT2D eigenvalue weighted by Gasteiger charge is -2.36. The summed E-state index contributed by atoms with van der Waals surface area (Å²) in [5.41, 5.74) is 9.00. The van der Waals surface area contributed by atoms with Crippen LogP contribution in [0, 0.1) is 5.41 Å². The van der Waals surface area contributed by atoms with Crippen molar-refractivity contribution in [3.05, 3.63) is 34.3 Å². The lowest BCUT2D eigenvalue weighted by molar-refractivity contribution is 0.282. The van der Waals surface area contributed by atoms with Crippen molar-refractivity contribution in [2.45, 2.75) is 32.6 Å². The summed E-state index contributed by atoms with van der Waals surface area (Å²) >= 11 is 6.03. The Kier molecular flexibility index (Phi) is 2.78. The molecule has 1 aromatic rings. The van der Waals surface area contributed by atoms with Gasteiger partial charge in [0, 0.05) is 5.02 Å². The molecule has 1 aromatic carbocycles. The molecule has 0 radical (unpaired) electrons. The topological polar surface area (TPSA) is 26.0 Å². The Morgan fingerprint density at radius 3 is 2.87 bits per heavy atom. The Bertz CT molecular complexity index is 371. The molecule has 1 atom stereocenters. The molecule has 1 nitrogen and oxygen atoms in total. The minimum Gasteiger partial charge on any atom is -0.330 e. The van der Waals surface area contributed by atoms with Crippen molar-refractivity contribution in [1.82, 2.24) is 0 Å². The Morgan fingerprint density at radius 2 is 2.20 bits per heavy atom. The average molecular weight is 224 g/mol. The Balaban J connectivity index is 2.44. The summed E-state index contributed by atoms with van der Waals surface area (Å²) in [5, 5.41) is 0.826. The SMILES string of the molecule is CC1(C)Cc2ccc(Cl)cc2C(CN)C1. The van der Waals surface area contributed by atoms with E-state index < -0.39 is 0 Å². The first-order valence-electron chi connectivity index (χ1n) is 5.50. The van der Waals surface area contributed by atoms with Crippen molar-refractivity contribution < 1.29 is 0 Å². The van der Waals surface area contributed by atoms with Gasteiger partial charge in [-0.3, -0.25) is 0 Å². The van der Waals surface area contributed by atoms with E-state index in [1.54, 1.807) is 0 Å². The summed E-state index contributed by atoms with van der Waals surface area (Å²) in [4.78, 5) is 0. The molecule has 1 aliphatic carbocycles. The van der Waals surface area contributed by atoms with Gasteiger partial charge in [0.2, 0.25) is 0 Å². The van der Waals surface area contributed by atoms with Gasteiger partial charge < -0.3 is 5.73 Å². The van der Waals surface area contributed by atoms with E-state index in [2.05, 4.69) is 26.0 Å². The van der Waals surface area contributed by atoms with E-state index >= 15 is 0 Å². The van der Waals surface area contributed by atoms with Crippen LogP contribution in [0.1, 0.15) is 37.3 Å². The Morgan fingerprint density at radius 1 is 1.47 bits per heavy atom. The summed E-state index contributed by atoms with van der Waals surface area (Å²) in [6.07, 6.45) is 2.30. The summed E-state index contributed by atoms with van der Waals surface area (Å²) in [5.74, 6) is 0.474. The molecule has 1 unspecified atom stereocenters. The molecule has 0 heterocycles. The molecule has 0 saturated carbocycles. The first kappa shape index (κ1) is 11.0. The van der Waals surface area contributed by atoms with Crippen LogP contribution in [0.4, 0.5) is 0 Å². The van der Waals surface area contributed by atoms with Gasteiger partial charge in [0.25, 0.3) is 0 Å². The summed E-state index contributed by atoms with van der Waals surface area (Å²) in [6.45, 7) is 5.34. The van der Waals surface area contributed by atoms with Crippen LogP contribution in [0.25, 0.3) is 0 Å². The fourth-order valence-corrected chi connectivity index (χ4v) is 2.86. The van der Waals surface area contributed by atoms with Gasteiger partial charge in [-0.05, 0) is 54.0 Å². The normalized spacial score (nSPS) is 23.6. The first-order valence-corrected chi connectivity index (χ1v) is 5.88. The van der Waals surface area contributed by atoms with Crippen molar-refractivity contribution in [1.29, 1.82) is 0 Å². The zero-order chi connectivity index (χ0) is 11.1. The molecule has 2 N–H and O–H groups in total. The molecule has 0 saturated heterocycles. The van der Waals surface area contributed by atoms with Crippen LogP contribution < -0.4 is 5.73 Å². The number of nitrogens with two attached hydrogens (primary N) is 1. The Labute approximate surface area is 96.6 Å². The summed E-state index contributed by atoms with van der Waals surface area (Å²) in [6, 6.07) is 6.22. The zero-order valence-electron chi connectivity index (χ0n) is 9.39. The minimum absolute atomic E-state index is 0.366. The van der Waals surface area contributed by atoms with Crippen LogP contribution in [0.5, 0.6) is 0 Å². The molecular formula is C13H18ClN. The van der Waals surface area contributed by atoms with Crippen LogP contribution in [0.3, 0.4) is 0 Å². The third kappa shape index (κ3) is 2.19. The van der Waals surface area contributed by atoms with Gasteiger partial charge in [-0.2, -0.15) is 0 Å². The lowest BCUT2D eigenvalue weighted by atomic mass is 9.69. The molecule has 0 aromatic heterocycles. The van der Waals surface area contributed by atoms with Crippen molar-refractivity contribution >= 4 is 11.6 Å². The molecular weight excluding hydrogens is 206 g/mol. The van der Waals surface area contributed by atoms with Crippen molar-refractivity contribution in [2.75, 3.05) is 6.54 Å². The molecule has 0 fully saturated rings. The van der Waals surface area contributed by atoms with Crippen LogP contribution in [-0.2, 0) is 6.42 Å². The second-order valence-electron chi connectivity index (χ2n) is 5.32. The molecule has 0 amide bonds. The number of halogens is 1. The molecule has 82 valence electrons. The maximum absolute atomic E-state index is 6.03. The van der Waals surface area contributed by atoms with Crippen LogP contribution >= 0.6 is 11.6 Å². The number of hydrogen-bond acceptors (Lipinski definition) is 1. The summed E-state index contributed by atoms with van der Waals surface area (Å²) in [7, 11) is 0. The minimum atomic E-state index is 0.366.